The summed E-state index contributed by atoms with van der Waals surface area (Å²) in [6.45, 7) is 7.60. The first-order valence-electron chi connectivity index (χ1n) is 3.28. The van der Waals surface area contributed by atoms with Gasteiger partial charge in [-0.25, -0.2) is 0 Å². The highest BCUT2D eigenvalue weighted by molar-refractivity contribution is 5.25. The largest absolute Gasteiger partial charge is 0.392 e. The van der Waals surface area contributed by atoms with Crippen molar-refractivity contribution in [2.45, 2.75) is 13.8 Å². The topological polar surface area (TPSA) is 20.2 Å². The lowest BCUT2D eigenvalue weighted by molar-refractivity contribution is 0.335. The molecule has 0 heterocycles. The molecule has 56 valence electrons. The number of aliphatic hydroxyl groups excluding tert-OH is 1. The van der Waals surface area contributed by atoms with Gasteiger partial charge in [-0.3, -0.25) is 0 Å². The van der Waals surface area contributed by atoms with Gasteiger partial charge in [-0.05, 0) is 19.4 Å². The fourth-order valence-corrected chi connectivity index (χ4v) is 0.669. The van der Waals surface area contributed by atoms with Gasteiger partial charge in [0.1, 0.15) is 0 Å². The first-order chi connectivity index (χ1) is 4.70. The standard InChI is InChI=1S/C9H14O/c1-4-5-9(7-10)6-8(2)3/h4-6,10H,1,7H2,2-3H3/b9-5+. The van der Waals surface area contributed by atoms with Crippen molar-refractivity contribution in [1.82, 2.24) is 0 Å². The van der Waals surface area contributed by atoms with E-state index in [4.69, 9.17) is 5.11 Å². The van der Waals surface area contributed by atoms with E-state index < -0.39 is 0 Å². The van der Waals surface area contributed by atoms with Crippen LogP contribution in [0.3, 0.4) is 0 Å². The summed E-state index contributed by atoms with van der Waals surface area (Å²) in [5.41, 5.74) is 2.08. The lowest BCUT2D eigenvalue weighted by atomic mass is 10.2. The van der Waals surface area contributed by atoms with E-state index in [2.05, 4.69) is 6.58 Å². The molecule has 0 bridgehead atoms. The highest BCUT2D eigenvalue weighted by atomic mass is 16.3. The summed E-state index contributed by atoms with van der Waals surface area (Å²) in [5, 5.41) is 8.75. The molecule has 1 N–H and O–H groups in total. The van der Waals surface area contributed by atoms with Crippen molar-refractivity contribution in [3.8, 4) is 0 Å². The Morgan fingerprint density at radius 2 is 2.10 bits per heavy atom. The Labute approximate surface area is 62.4 Å². The molecule has 0 radical (unpaired) electrons. The van der Waals surface area contributed by atoms with E-state index in [0.29, 0.717) is 0 Å². The molecule has 0 aliphatic rings. The summed E-state index contributed by atoms with van der Waals surface area (Å²) < 4.78 is 0. The van der Waals surface area contributed by atoms with Gasteiger partial charge in [-0.15, -0.1) is 0 Å². The predicted molar refractivity (Wildman–Crippen MR) is 44.8 cm³/mol. The Kier molecular flexibility index (Phi) is 4.59. The summed E-state index contributed by atoms with van der Waals surface area (Å²) in [7, 11) is 0. The SMILES string of the molecule is C=C/C=C(\C=C(C)C)CO. The average molecular weight is 138 g/mol. The lowest BCUT2D eigenvalue weighted by Crippen LogP contribution is -1.85. The van der Waals surface area contributed by atoms with Gasteiger partial charge in [-0.2, -0.15) is 0 Å². The zero-order valence-corrected chi connectivity index (χ0v) is 6.59. The summed E-state index contributed by atoms with van der Waals surface area (Å²) in [4.78, 5) is 0. The minimum Gasteiger partial charge on any atom is -0.392 e. The van der Waals surface area contributed by atoms with Crippen LogP contribution >= 0.6 is 0 Å². The maximum Gasteiger partial charge on any atom is 0.0681 e. The molecule has 1 nitrogen and oxygen atoms in total. The molecule has 0 aliphatic heterocycles. The monoisotopic (exact) mass is 138 g/mol. The molecule has 0 aromatic carbocycles. The van der Waals surface area contributed by atoms with Gasteiger partial charge in [0.05, 0.1) is 6.61 Å². The minimum absolute atomic E-state index is 0.0806. The van der Waals surface area contributed by atoms with Crippen molar-refractivity contribution in [2.75, 3.05) is 6.61 Å². The Balaban J connectivity index is 4.22. The van der Waals surface area contributed by atoms with Crippen LogP contribution in [0.25, 0.3) is 0 Å². The zero-order chi connectivity index (χ0) is 7.98. The van der Waals surface area contributed by atoms with Gasteiger partial charge in [0.2, 0.25) is 0 Å². The molecular formula is C9H14O. The summed E-state index contributed by atoms with van der Waals surface area (Å²) in [5.74, 6) is 0. The Bertz CT molecular complexity index is 157. The van der Waals surface area contributed by atoms with Crippen molar-refractivity contribution >= 4 is 0 Å². The van der Waals surface area contributed by atoms with Crippen LogP contribution in [0.4, 0.5) is 0 Å². The van der Waals surface area contributed by atoms with Crippen molar-refractivity contribution in [3.05, 3.63) is 36.0 Å². The molecule has 0 atom stereocenters. The molecule has 0 aliphatic carbocycles. The van der Waals surface area contributed by atoms with Gasteiger partial charge in [0.15, 0.2) is 0 Å². The van der Waals surface area contributed by atoms with E-state index in [1.165, 1.54) is 5.57 Å². The predicted octanol–water partition coefficient (Wildman–Crippen LogP) is 2.06. The zero-order valence-electron chi connectivity index (χ0n) is 6.59. The second-order valence-corrected chi connectivity index (χ2v) is 2.36. The van der Waals surface area contributed by atoms with Gasteiger partial charge in [0.25, 0.3) is 0 Å². The van der Waals surface area contributed by atoms with E-state index in [1.807, 2.05) is 19.9 Å². The van der Waals surface area contributed by atoms with Crippen LogP contribution in [-0.4, -0.2) is 11.7 Å². The lowest BCUT2D eigenvalue weighted by Gasteiger charge is -1.94. The highest BCUT2D eigenvalue weighted by Crippen LogP contribution is 2.00. The van der Waals surface area contributed by atoms with Crippen LogP contribution in [0.15, 0.2) is 36.0 Å². The molecule has 10 heavy (non-hydrogen) atoms. The maximum atomic E-state index is 8.75. The third-order valence-corrected chi connectivity index (χ3v) is 0.989. The molecule has 0 aromatic rings. The Hall–Kier alpha value is -0.820. The molecule has 1 heteroatoms. The van der Waals surface area contributed by atoms with Crippen LogP contribution in [0.1, 0.15) is 13.8 Å². The number of hydrogen-bond donors (Lipinski definition) is 1. The molecule has 0 fully saturated rings. The van der Waals surface area contributed by atoms with Crippen molar-refractivity contribution < 1.29 is 5.11 Å². The fraction of sp³-hybridized carbons (Fsp3) is 0.333. The summed E-state index contributed by atoms with van der Waals surface area (Å²) >= 11 is 0. The molecule has 0 rings (SSSR count). The highest BCUT2D eigenvalue weighted by Gasteiger charge is 1.86. The van der Waals surface area contributed by atoms with Crippen molar-refractivity contribution in [1.29, 1.82) is 0 Å². The van der Waals surface area contributed by atoms with Crippen LogP contribution in [0.2, 0.25) is 0 Å². The average Bonchev–Trinajstić information content (AvgIpc) is 1.86. The van der Waals surface area contributed by atoms with E-state index in [1.54, 1.807) is 12.2 Å². The normalized spacial score (nSPS) is 10.9. The van der Waals surface area contributed by atoms with E-state index in [0.717, 1.165) is 5.57 Å². The number of hydrogen-bond acceptors (Lipinski definition) is 1. The van der Waals surface area contributed by atoms with Gasteiger partial charge in [0, 0.05) is 0 Å². The third kappa shape index (κ3) is 4.10. The molecule has 0 unspecified atom stereocenters. The molecule has 0 saturated carbocycles. The maximum absolute atomic E-state index is 8.75. The summed E-state index contributed by atoms with van der Waals surface area (Å²) in [6, 6.07) is 0. The Morgan fingerprint density at radius 3 is 2.40 bits per heavy atom. The first-order valence-corrected chi connectivity index (χ1v) is 3.28. The van der Waals surface area contributed by atoms with Crippen molar-refractivity contribution in [2.24, 2.45) is 0 Å². The van der Waals surface area contributed by atoms with Crippen LogP contribution in [0, 0.1) is 0 Å². The van der Waals surface area contributed by atoms with Gasteiger partial charge in [-0.1, -0.05) is 30.4 Å². The molecule has 0 amide bonds. The van der Waals surface area contributed by atoms with Crippen LogP contribution in [0.5, 0.6) is 0 Å². The minimum atomic E-state index is 0.0806. The van der Waals surface area contributed by atoms with Gasteiger partial charge >= 0.3 is 0 Å². The number of allylic oxidation sites excluding steroid dienone is 3. The van der Waals surface area contributed by atoms with Crippen LogP contribution < -0.4 is 0 Å². The second-order valence-electron chi connectivity index (χ2n) is 2.36. The number of aliphatic hydroxyl groups is 1. The van der Waals surface area contributed by atoms with Gasteiger partial charge < -0.3 is 5.11 Å². The molecular weight excluding hydrogens is 124 g/mol. The third-order valence-electron chi connectivity index (χ3n) is 0.989. The molecule has 0 saturated heterocycles. The number of rotatable bonds is 3. The first kappa shape index (κ1) is 9.18. The molecule has 0 aromatic heterocycles. The van der Waals surface area contributed by atoms with E-state index in [-0.39, 0.29) is 6.61 Å². The van der Waals surface area contributed by atoms with Crippen molar-refractivity contribution in [3.63, 3.8) is 0 Å². The summed E-state index contributed by atoms with van der Waals surface area (Å²) in [6.07, 6.45) is 5.40. The molecule has 0 spiro atoms. The smallest absolute Gasteiger partial charge is 0.0681 e. The van der Waals surface area contributed by atoms with E-state index in [9.17, 15) is 0 Å². The quantitative estimate of drug-likeness (QED) is 0.592. The van der Waals surface area contributed by atoms with E-state index >= 15 is 0 Å². The Morgan fingerprint density at radius 1 is 1.50 bits per heavy atom. The second kappa shape index (κ2) is 5.00. The fourth-order valence-electron chi connectivity index (χ4n) is 0.669. The van der Waals surface area contributed by atoms with Crippen LogP contribution in [-0.2, 0) is 0 Å².